The molecule has 0 saturated heterocycles. The van der Waals surface area contributed by atoms with Gasteiger partial charge in [0.25, 0.3) is 0 Å². The van der Waals surface area contributed by atoms with Crippen LogP contribution in [-0.2, 0) is 9.59 Å². The Morgan fingerprint density at radius 2 is 1.50 bits per heavy atom. The molecule has 0 saturated carbocycles. The number of rotatable bonds is 7. The molecule has 4 heteroatoms. The number of amides is 1. The predicted octanol–water partition coefficient (Wildman–Crippen LogP) is 2.96. The fourth-order valence-electron chi connectivity index (χ4n) is 2.37. The molecule has 106 valence electrons. The molecule has 0 radical (unpaired) electrons. The summed E-state index contributed by atoms with van der Waals surface area (Å²) in [6, 6.07) is 0. The van der Waals surface area contributed by atoms with E-state index in [1.54, 1.807) is 0 Å². The van der Waals surface area contributed by atoms with E-state index >= 15 is 0 Å². The van der Waals surface area contributed by atoms with E-state index in [-0.39, 0.29) is 23.3 Å². The normalized spacial score (nSPS) is 12.3. The fraction of sp³-hybridized carbons (Fsp3) is 0.857. The number of nitrogens with one attached hydrogen (secondary N) is 1. The Morgan fingerprint density at radius 1 is 1.00 bits per heavy atom. The molecule has 1 amide bonds. The molecule has 18 heavy (non-hydrogen) atoms. The van der Waals surface area contributed by atoms with Gasteiger partial charge < -0.3 is 10.4 Å². The summed E-state index contributed by atoms with van der Waals surface area (Å²) in [6.45, 7) is 10.5. The second-order valence-corrected chi connectivity index (χ2v) is 6.77. The molecule has 0 aliphatic heterocycles. The van der Waals surface area contributed by atoms with E-state index in [0.717, 1.165) is 6.42 Å². The molecular formula is C14H27NO3. The molecule has 0 rings (SSSR count). The van der Waals surface area contributed by atoms with Crippen LogP contribution in [0.15, 0.2) is 0 Å². The van der Waals surface area contributed by atoms with Gasteiger partial charge in [0.1, 0.15) is 0 Å². The maximum absolute atomic E-state index is 11.7. The molecule has 0 aromatic heterocycles. The van der Waals surface area contributed by atoms with E-state index in [2.05, 4.69) is 26.1 Å². The molecule has 0 atom stereocenters. The number of carbonyl (C=O) groups excluding carboxylic acids is 1. The standard InChI is InChI=1S/C14H27NO3/c1-13(2,3)10-14(4,5)15-11(16)8-6-7-9-12(17)18/h6-10H2,1-5H3,(H,15,16)(H,17,18). The quantitative estimate of drug-likeness (QED) is 0.689. The Labute approximate surface area is 110 Å². The first-order valence-electron chi connectivity index (χ1n) is 6.55. The molecule has 0 spiro atoms. The van der Waals surface area contributed by atoms with Crippen LogP contribution in [0.3, 0.4) is 0 Å². The van der Waals surface area contributed by atoms with Gasteiger partial charge in [0.05, 0.1) is 0 Å². The minimum Gasteiger partial charge on any atom is -0.481 e. The molecule has 4 nitrogen and oxygen atoms in total. The average Bonchev–Trinajstić information content (AvgIpc) is 2.06. The molecule has 0 aliphatic rings. The maximum Gasteiger partial charge on any atom is 0.303 e. The smallest absolute Gasteiger partial charge is 0.303 e. The van der Waals surface area contributed by atoms with Crippen LogP contribution in [0.5, 0.6) is 0 Å². The number of unbranched alkanes of at least 4 members (excludes halogenated alkanes) is 1. The molecule has 0 aliphatic carbocycles. The first kappa shape index (κ1) is 16.9. The summed E-state index contributed by atoms with van der Waals surface area (Å²) >= 11 is 0. The monoisotopic (exact) mass is 257 g/mol. The highest BCUT2D eigenvalue weighted by Gasteiger charge is 2.26. The lowest BCUT2D eigenvalue weighted by atomic mass is 9.82. The first-order chi connectivity index (χ1) is 8.02. The lowest BCUT2D eigenvalue weighted by Crippen LogP contribution is -2.45. The van der Waals surface area contributed by atoms with Gasteiger partial charge in [-0.25, -0.2) is 0 Å². The van der Waals surface area contributed by atoms with Crippen LogP contribution in [0.2, 0.25) is 0 Å². The van der Waals surface area contributed by atoms with Crippen molar-refractivity contribution in [3.8, 4) is 0 Å². The third kappa shape index (κ3) is 10.1. The van der Waals surface area contributed by atoms with Crippen molar-refractivity contribution >= 4 is 11.9 Å². The summed E-state index contributed by atoms with van der Waals surface area (Å²) < 4.78 is 0. The van der Waals surface area contributed by atoms with E-state index in [9.17, 15) is 9.59 Å². The largest absolute Gasteiger partial charge is 0.481 e. The Bertz CT molecular complexity index is 290. The lowest BCUT2D eigenvalue weighted by molar-refractivity contribution is -0.137. The van der Waals surface area contributed by atoms with Crippen LogP contribution >= 0.6 is 0 Å². The third-order valence-corrected chi connectivity index (χ3v) is 2.49. The van der Waals surface area contributed by atoms with Gasteiger partial charge in [-0.15, -0.1) is 0 Å². The molecular weight excluding hydrogens is 230 g/mol. The van der Waals surface area contributed by atoms with Crippen molar-refractivity contribution in [2.45, 2.75) is 72.3 Å². The van der Waals surface area contributed by atoms with Crippen molar-refractivity contribution in [2.75, 3.05) is 0 Å². The average molecular weight is 257 g/mol. The van der Waals surface area contributed by atoms with Crippen molar-refractivity contribution in [3.05, 3.63) is 0 Å². The van der Waals surface area contributed by atoms with Gasteiger partial charge in [0.2, 0.25) is 5.91 Å². The summed E-state index contributed by atoms with van der Waals surface area (Å²) in [5.74, 6) is -0.793. The van der Waals surface area contributed by atoms with E-state index in [4.69, 9.17) is 5.11 Å². The minimum atomic E-state index is -0.802. The van der Waals surface area contributed by atoms with Crippen molar-refractivity contribution in [3.63, 3.8) is 0 Å². The Hall–Kier alpha value is -1.06. The maximum atomic E-state index is 11.7. The Balaban J connectivity index is 3.96. The zero-order chi connectivity index (χ0) is 14.4. The van der Waals surface area contributed by atoms with Crippen molar-refractivity contribution in [2.24, 2.45) is 5.41 Å². The van der Waals surface area contributed by atoms with Crippen LogP contribution in [0.1, 0.15) is 66.7 Å². The SMILES string of the molecule is CC(C)(C)CC(C)(C)NC(=O)CCCCC(=O)O. The van der Waals surface area contributed by atoms with Crippen LogP contribution in [0, 0.1) is 5.41 Å². The van der Waals surface area contributed by atoms with Crippen LogP contribution < -0.4 is 5.32 Å². The topological polar surface area (TPSA) is 66.4 Å². The van der Waals surface area contributed by atoms with E-state index < -0.39 is 5.97 Å². The van der Waals surface area contributed by atoms with Crippen molar-refractivity contribution in [1.82, 2.24) is 5.32 Å². The zero-order valence-corrected chi connectivity index (χ0v) is 12.3. The van der Waals surface area contributed by atoms with Gasteiger partial charge in [-0.1, -0.05) is 20.8 Å². The molecule has 0 heterocycles. The summed E-state index contributed by atoms with van der Waals surface area (Å²) in [7, 11) is 0. The molecule has 0 unspecified atom stereocenters. The Morgan fingerprint density at radius 3 is 1.94 bits per heavy atom. The van der Waals surface area contributed by atoms with Gasteiger partial charge in [-0.2, -0.15) is 0 Å². The van der Waals surface area contributed by atoms with E-state index in [1.165, 1.54) is 0 Å². The number of aliphatic carboxylic acids is 1. The number of hydrogen-bond donors (Lipinski definition) is 2. The zero-order valence-electron chi connectivity index (χ0n) is 12.3. The second-order valence-electron chi connectivity index (χ2n) is 6.77. The van der Waals surface area contributed by atoms with Gasteiger partial charge in [-0.05, 0) is 38.5 Å². The van der Waals surface area contributed by atoms with Crippen molar-refractivity contribution in [1.29, 1.82) is 0 Å². The third-order valence-electron chi connectivity index (χ3n) is 2.49. The Kier molecular flexibility index (Phi) is 6.36. The number of carboxylic acids is 1. The highest BCUT2D eigenvalue weighted by atomic mass is 16.4. The summed E-state index contributed by atoms with van der Waals surface area (Å²) in [5, 5.41) is 11.5. The lowest BCUT2D eigenvalue weighted by Gasteiger charge is -2.33. The first-order valence-corrected chi connectivity index (χ1v) is 6.55. The highest BCUT2D eigenvalue weighted by molar-refractivity contribution is 5.76. The molecule has 0 fully saturated rings. The number of hydrogen-bond acceptors (Lipinski definition) is 2. The number of carboxylic acid groups (broad SMARTS) is 1. The van der Waals surface area contributed by atoms with Gasteiger partial charge >= 0.3 is 5.97 Å². The van der Waals surface area contributed by atoms with Crippen LogP contribution in [-0.4, -0.2) is 22.5 Å². The van der Waals surface area contributed by atoms with E-state index in [1.807, 2.05) is 13.8 Å². The predicted molar refractivity (Wildman–Crippen MR) is 72.4 cm³/mol. The molecule has 0 aromatic rings. The summed E-state index contributed by atoms with van der Waals surface area (Å²) in [6.07, 6.45) is 2.63. The van der Waals surface area contributed by atoms with Crippen LogP contribution in [0.25, 0.3) is 0 Å². The summed E-state index contributed by atoms with van der Waals surface area (Å²) in [5.41, 5.74) is -0.0534. The van der Waals surface area contributed by atoms with Gasteiger partial charge in [0.15, 0.2) is 0 Å². The van der Waals surface area contributed by atoms with Gasteiger partial charge in [0, 0.05) is 18.4 Å². The fourth-order valence-corrected chi connectivity index (χ4v) is 2.37. The number of carbonyl (C=O) groups is 2. The van der Waals surface area contributed by atoms with Crippen LogP contribution in [0.4, 0.5) is 0 Å². The molecule has 0 bridgehead atoms. The minimum absolute atomic E-state index is 0.00892. The molecule has 2 N–H and O–H groups in total. The molecule has 0 aromatic carbocycles. The highest BCUT2D eigenvalue weighted by Crippen LogP contribution is 2.26. The second kappa shape index (κ2) is 6.76. The van der Waals surface area contributed by atoms with Crippen molar-refractivity contribution < 1.29 is 14.7 Å². The summed E-state index contributed by atoms with van der Waals surface area (Å²) in [4.78, 5) is 22.1. The van der Waals surface area contributed by atoms with Gasteiger partial charge in [-0.3, -0.25) is 9.59 Å². The van der Waals surface area contributed by atoms with E-state index in [0.29, 0.717) is 19.3 Å².